The Balaban J connectivity index is 1.36. The molecule has 2 amide bonds. The topological polar surface area (TPSA) is 80.3 Å². The van der Waals surface area contributed by atoms with Crippen LogP contribution in [0.25, 0.3) is 0 Å². The molecule has 0 saturated heterocycles. The molecular weight excluding hydrogens is 326 g/mol. The molecular formula is C17H19N3O3S. The fraction of sp³-hybridized carbons (Fsp3) is 0.353. The third-order valence-electron chi connectivity index (χ3n) is 3.58. The van der Waals surface area contributed by atoms with E-state index < -0.39 is 0 Å². The molecule has 0 unspecified atom stereocenters. The van der Waals surface area contributed by atoms with Crippen molar-refractivity contribution < 1.29 is 14.3 Å². The van der Waals surface area contributed by atoms with Crippen LogP contribution in [0, 0.1) is 5.92 Å². The maximum absolute atomic E-state index is 11.7. The summed E-state index contributed by atoms with van der Waals surface area (Å²) >= 11 is 1.67. The zero-order valence-corrected chi connectivity index (χ0v) is 14.0. The van der Waals surface area contributed by atoms with Crippen molar-refractivity contribution in [3.05, 3.63) is 40.7 Å². The smallest absolute Gasteiger partial charge is 0.258 e. The van der Waals surface area contributed by atoms with Crippen molar-refractivity contribution >= 4 is 28.8 Å². The summed E-state index contributed by atoms with van der Waals surface area (Å²) in [6.45, 7) is 0.507. The summed E-state index contributed by atoms with van der Waals surface area (Å²) in [5.74, 6) is 0.363. The molecule has 6 nitrogen and oxygen atoms in total. The highest BCUT2D eigenvalue weighted by Crippen LogP contribution is 2.30. The van der Waals surface area contributed by atoms with E-state index in [0.717, 1.165) is 19.3 Å². The first-order chi connectivity index (χ1) is 11.7. The van der Waals surface area contributed by atoms with Gasteiger partial charge in [0.05, 0.1) is 11.9 Å². The van der Waals surface area contributed by atoms with Gasteiger partial charge >= 0.3 is 0 Å². The number of pyridine rings is 1. The lowest BCUT2D eigenvalue weighted by atomic mass is 10.3. The minimum absolute atomic E-state index is 0.0376. The predicted molar refractivity (Wildman–Crippen MR) is 92.1 cm³/mol. The number of aromatic nitrogens is 1. The van der Waals surface area contributed by atoms with Crippen LogP contribution in [0.3, 0.4) is 0 Å². The zero-order valence-electron chi connectivity index (χ0n) is 13.2. The fourth-order valence-electron chi connectivity index (χ4n) is 2.10. The van der Waals surface area contributed by atoms with Gasteiger partial charge in [-0.3, -0.25) is 9.59 Å². The molecule has 0 aliphatic heterocycles. The summed E-state index contributed by atoms with van der Waals surface area (Å²) in [6.07, 6.45) is 4.27. The van der Waals surface area contributed by atoms with Gasteiger partial charge in [-0.15, -0.1) is 11.3 Å². The van der Waals surface area contributed by atoms with E-state index in [9.17, 15) is 9.59 Å². The summed E-state index contributed by atoms with van der Waals surface area (Å²) < 4.78 is 5.34. The number of nitrogens with zero attached hydrogens (tertiary/aromatic N) is 1. The summed E-state index contributed by atoms with van der Waals surface area (Å²) in [5, 5.41) is 7.62. The van der Waals surface area contributed by atoms with Crippen LogP contribution in [0.4, 0.5) is 5.69 Å². The number of carbonyl (C=O) groups is 2. The number of hydrogen-bond donors (Lipinski definition) is 2. The molecule has 0 spiro atoms. The van der Waals surface area contributed by atoms with E-state index >= 15 is 0 Å². The second kappa shape index (κ2) is 7.92. The first-order valence-electron chi connectivity index (χ1n) is 7.89. The van der Waals surface area contributed by atoms with Gasteiger partial charge in [0.2, 0.25) is 11.8 Å². The summed E-state index contributed by atoms with van der Waals surface area (Å²) in [7, 11) is 0. The minimum Gasteiger partial charge on any atom is -0.468 e. The molecule has 24 heavy (non-hydrogen) atoms. The Morgan fingerprint density at radius 2 is 2.17 bits per heavy atom. The number of ether oxygens (including phenoxy) is 1. The van der Waals surface area contributed by atoms with Gasteiger partial charge in [-0.05, 0) is 36.8 Å². The molecule has 0 bridgehead atoms. The monoisotopic (exact) mass is 345 g/mol. The Hall–Kier alpha value is -2.41. The molecule has 126 valence electrons. The molecule has 1 saturated carbocycles. The second-order valence-electron chi connectivity index (χ2n) is 5.62. The SMILES string of the molecule is O=C(COc1ccc(NC(=O)C2CC2)cn1)NCCc1cccs1. The molecule has 7 heteroatoms. The number of nitrogens with one attached hydrogen (secondary N) is 2. The van der Waals surface area contributed by atoms with Crippen LogP contribution in [0.1, 0.15) is 17.7 Å². The molecule has 2 aromatic heterocycles. The number of rotatable bonds is 8. The van der Waals surface area contributed by atoms with Crippen LogP contribution in [0.15, 0.2) is 35.8 Å². The number of thiophene rings is 1. The maximum atomic E-state index is 11.7. The molecule has 0 aromatic carbocycles. The number of hydrogen-bond acceptors (Lipinski definition) is 5. The third kappa shape index (κ3) is 5.06. The van der Waals surface area contributed by atoms with E-state index in [2.05, 4.69) is 15.6 Å². The van der Waals surface area contributed by atoms with Crippen LogP contribution < -0.4 is 15.4 Å². The molecule has 2 aromatic rings. The second-order valence-corrected chi connectivity index (χ2v) is 6.65. The van der Waals surface area contributed by atoms with Crippen molar-refractivity contribution in [1.29, 1.82) is 0 Å². The van der Waals surface area contributed by atoms with Gasteiger partial charge in [0.15, 0.2) is 6.61 Å². The van der Waals surface area contributed by atoms with Crippen LogP contribution in [0.2, 0.25) is 0 Å². The van der Waals surface area contributed by atoms with Crippen molar-refractivity contribution in [2.24, 2.45) is 5.92 Å². The largest absolute Gasteiger partial charge is 0.468 e. The highest BCUT2D eigenvalue weighted by atomic mass is 32.1. The van der Waals surface area contributed by atoms with Gasteiger partial charge in [-0.25, -0.2) is 4.98 Å². The molecule has 0 atom stereocenters. The zero-order chi connectivity index (χ0) is 16.8. The van der Waals surface area contributed by atoms with E-state index in [4.69, 9.17) is 4.74 Å². The van der Waals surface area contributed by atoms with Crippen LogP contribution in [-0.4, -0.2) is 29.9 Å². The predicted octanol–water partition coefficient (Wildman–Crippen LogP) is 2.23. The fourth-order valence-corrected chi connectivity index (χ4v) is 2.81. The molecule has 2 N–H and O–H groups in total. The van der Waals surface area contributed by atoms with Crippen LogP contribution in [0.5, 0.6) is 5.88 Å². The molecule has 2 heterocycles. The number of anilines is 1. The average Bonchev–Trinajstić information content (AvgIpc) is 3.32. The Morgan fingerprint density at radius 1 is 1.29 bits per heavy atom. The first-order valence-corrected chi connectivity index (χ1v) is 8.77. The quantitative estimate of drug-likeness (QED) is 0.769. The van der Waals surface area contributed by atoms with Gasteiger partial charge < -0.3 is 15.4 Å². The number of amides is 2. The normalized spacial score (nSPS) is 13.3. The van der Waals surface area contributed by atoms with Gasteiger partial charge in [-0.1, -0.05) is 6.07 Å². The standard InChI is InChI=1S/C17H19N3O3S/c21-15(18-8-7-14-2-1-9-24-14)11-23-16-6-5-13(10-19-16)20-17(22)12-3-4-12/h1-2,5-6,9-10,12H,3-4,7-8,11H2,(H,18,21)(H,20,22). The van der Waals surface area contributed by atoms with E-state index in [1.54, 1.807) is 23.5 Å². The van der Waals surface area contributed by atoms with Crippen molar-refractivity contribution in [1.82, 2.24) is 10.3 Å². The molecule has 1 fully saturated rings. The minimum atomic E-state index is -0.181. The molecule has 3 rings (SSSR count). The Labute approximate surface area is 144 Å². The first kappa shape index (κ1) is 16.4. The van der Waals surface area contributed by atoms with Gasteiger partial charge in [0, 0.05) is 23.4 Å². The lowest BCUT2D eigenvalue weighted by molar-refractivity contribution is -0.123. The lowest BCUT2D eigenvalue weighted by Crippen LogP contribution is -2.30. The highest BCUT2D eigenvalue weighted by Gasteiger charge is 2.29. The van der Waals surface area contributed by atoms with Crippen molar-refractivity contribution in [2.75, 3.05) is 18.5 Å². The Morgan fingerprint density at radius 3 is 2.83 bits per heavy atom. The Bertz CT molecular complexity index is 682. The molecule has 1 aliphatic rings. The van der Waals surface area contributed by atoms with Crippen molar-refractivity contribution in [3.63, 3.8) is 0 Å². The van der Waals surface area contributed by atoms with Crippen molar-refractivity contribution in [3.8, 4) is 5.88 Å². The molecule has 0 radical (unpaired) electrons. The van der Waals surface area contributed by atoms with E-state index in [1.165, 1.54) is 11.1 Å². The average molecular weight is 345 g/mol. The van der Waals surface area contributed by atoms with Gasteiger partial charge in [0.1, 0.15) is 0 Å². The third-order valence-corrected chi connectivity index (χ3v) is 4.51. The van der Waals surface area contributed by atoms with Gasteiger partial charge in [-0.2, -0.15) is 0 Å². The van der Waals surface area contributed by atoms with E-state index in [-0.39, 0.29) is 24.3 Å². The maximum Gasteiger partial charge on any atom is 0.258 e. The summed E-state index contributed by atoms with van der Waals surface area (Å²) in [4.78, 5) is 28.7. The highest BCUT2D eigenvalue weighted by molar-refractivity contribution is 7.09. The summed E-state index contributed by atoms with van der Waals surface area (Å²) in [5.41, 5.74) is 0.639. The van der Waals surface area contributed by atoms with E-state index in [1.807, 2.05) is 17.5 Å². The molecule has 1 aliphatic carbocycles. The van der Waals surface area contributed by atoms with Gasteiger partial charge in [0.25, 0.3) is 5.91 Å². The van der Waals surface area contributed by atoms with Crippen LogP contribution >= 0.6 is 11.3 Å². The summed E-state index contributed by atoms with van der Waals surface area (Å²) in [6, 6.07) is 7.40. The van der Waals surface area contributed by atoms with Crippen molar-refractivity contribution in [2.45, 2.75) is 19.3 Å². The van der Waals surface area contributed by atoms with E-state index in [0.29, 0.717) is 18.1 Å². The Kier molecular flexibility index (Phi) is 5.43. The number of carbonyl (C=O) groups excluding carboxylic acids is 2. The van der Waals surface area contributed by atoms with Crippen LogP contribution in [-0.2, 0) is 16.0 Å². The lowest BCUT2D eigenvalue weighted by Gasteiger charge is -2.08.